The van der Waals surface area contributed by atoms with E-state index in [9.17, 15) is 12.8 Å². The number of anilines is 1. The summed E-state index contributed by atoms with van der Waals surface area (Å²) < 4.78 is 38.8. The predicted molar refractivity (Wildman–Crippen MR) is 59.2 cm³/mol. The summed E-state index contributed by atoms with van der Waals surface area (Å²) in [5, 5.41) is 0. The largest absolute Gasteiger partial charge is 0.279 e. The Kier molecular flexibility index (Phi) is 3.01. The number of pyridine rings is 2. The van der Waals surface area contributed by atoms with Crippen LogP contribution in [0.1, 0.15) is 0 Å². The quantitative estimate of drug-likeness (QED) is 0.897. The van der Waals surface area contributed by atoms with Crippen LogP contribution in [0.25, 0.3) is 0 Å². The maximum atomic E-state index is 12.9. The fraction of sp³-hybridized carbons (Fsp3) is 0. The summed E-state index contributed by atoms with van der Waals surface area (Å²) in [4.78, 5) is 7.01. The molecule has 2 rings (SSSR count). The van der Waals surface area contributed by atoms with Crippen LogP contribution in [0.2, 0.25) is 0 Å². The summed E-state index contributed by atoms with van der Waals surface area (Å²) >= 11 is 0. The molecule has 0 atom stereocenters. The summed E-state index contributed by atoms with van der Waals surface area (Å²) in [5.74, 6) is -0.706. The maximum absolute atomic E-state index is 12.9. The third-order valence-corrected chi connectivity index (χ3v) is 3.27. The Balaban J connectivity index is 2.32. The van der Waals surface area contributed by atoms with E-state index < -0.39 is 15.8 Å². The Morgan fingerprint density at radius 2 is 1.82 bits per heavy atom. The predicted octanol–water partition coefficient (Wildman–Crippen LogP) is 1.42. The third kappa shape index (κ3) is 2.76. The van der Waals surface area contributed by atoms with Gasteiger partial charge in [0.05, 0.1) is 11.9 Å². The van der Waals surface area contributed by atoms with Crippen LogP contribution in [0.15, 0.2) is 47.9 Å². The molecule has 0 saturated heterocycles. The number of sulfonamides is 1. The summed E-state index contributed by atoms with van der Waals surface area (Å²) in [6, 6.07) is 3.88. The first-order chi connectivity index (χ1) is 8.08. The van der Waals surface area contributed by atoms with Crippen molar-refractivity contribution in [1.82, 2.24) is 9.97 Å². The van der Waals surface area contributed by atoms with E-state index >= 15 is 0 Å². The van der Waals surface area contributed by atoms with Gasteiger partial charge in [0.2, 0.25) is 0 Å². The molecule has 0 fully saturated rings. The lowest BCUT2D eigenvalue weighted by Crippen LogP contribution is -2.13. The number of nitrogens with zero attached hydrogens (tertiary/aromatic N) is 2. The van der Waals surface area contributed by atoms with E-state index in [0.717, 1.165) is 18.5 Å². The van der Waals surface area contributed by atoms with E-state index in [2.05, 4.69) is 14.7 Å². The minimum atomic E-state index is -3.82. The van der Waals surface area contributed by atoms with E-state index in [4.69, 9.17) is 0 Å². The second-order valence-corrected chi connectivity index (χ2v) is 4.86. The molecule has 2 aromatic heterocycles. The van der Waals surface area contributed by atoms with Gasteiger partial charge in [-0.2, -0.15) is 0 Å². The van der Waals surface area contributed by atoms with Gasteiger partial charge in [0, 0.05) is 18.6 Å². The van der Waals surface area contributed by atoms with Gasteiger partial charge < -0.3 is 0 Å². The highest BCUT2D eigenvalue weighted by molar-refractivity contribution is 7.92. The van der Waals surface area contributed by atoms with E-state index in [-0.39, 0.29) is 4.90 Å². The Labute approximate surface area is 97.4 Å². The van der Waals surface area contributed by atoms with Gasteiger partial charge in [-0.25, -0.2) is 12.8 Å². The molecule has 0 aliphatic carbocycles. The Morgan fingerprint density at radius 3 is 2.47 bits per heavy atom. The van der Waals surface area contributed by atoms with Crippen molar-refractivity contribution in [3.05, 3.63) is 48.8 Å². The van der Waals surface area contributed by atoms with Crippen molar-refractivity contribution >= 4 is 15.7 Å². The van der Waals surface area contributed by atoms with Crippen LogP contribution in [0.4, 0.5) is 10.1 Å². The number of hydrogen-bond donors (Lipinski definition) is 1. The fourth-order valence-electron chi connectivity index (χ4n) is 1.17. The zero-order valence-electron chi connectivity index (χ0n) is 8.54. The smallest absolute Gasteiger partial charge is 0.263 e. The zero-order chi connectivity index (χ0) is 12.3. The van der Waals surface area contributed by atoms with Crippen LogP contribution in [0, 0.1) is 5.82 Å². The highest BCUT2D eigenvalue weighted by Gasteiger charge is 2.15. The SMILES string of the molecule is O=S(=O)(Nc1ccncc1)c1cncc(F)c1. The van der Waals surface area contributed by atoms with Crippen molar-refractivity contribution in [1.29, 1.82) is 0 Å². The number of halogens is 1. The molecular weight excluding hydrogens is 245 g/mol. The van der Waals surface area contributed by atoms with Crippen LogP contribution in [0.5, 0.6) is 0 Å². The molecule has 7 heteroatoms. The molecule has 0 unspecified atom stereocenters. The molecule has 88 valence electrons. The Bertz CT molecular complexity index is 616. The molecule has 0 bridgehead atoms. The van der Waals surface area contributed by atoms with Crippen molar-refractivity contribution in [2.45, 2.75) is 4.90 Å². The summed E-state index contributed by atoms with van der Waals surface area (Å²) in [6.45, 7) is 0. The van der Waals surface area contributed by atoms with E-state index in [0.29, 0.717) is 5.69 Å². The van der Waals surface area contributed by atoms with Crippen molar-refractivity contribution < 1.29 is 12.8 Å². The first-order valence-corrected chi connectivity index (χ1v) is 6.10. The van der Waals surface area contributed by atoms with E-state index in [1.165, 1.54) is 24.5 Å². The minimum absolute atomic E-state index is 0.227. The molecule has 2 aromatic rings. The average Bonchev–Trinajstić information content (AvgIpc) is 2.30. The maximum Gasteiger partial charge on any atom is 0.263 e. The second-order valence-electron chi connectivity index (χ2n) is 3.18. The summed E-state index contributed by atoms with van der Waals surface area (Å²) in [5.41, 5.74) is 0.351. The Hall–Kier alpha value is -2.02. The van der Waals surface area contributed by atoms with Gasteiger partial charge in [0.1, 0.15) is 10.7 Å². The highest BCUT2D eigenvalue weighted by Crippen LogP contribution is 2.14. The monoisotopic (exact) mass is 253 g/mol. The first-order valence-electron chi connectivity index (χ1n) is 4.61. The van der Waals surface area contributed by atoms with Crippen LogP contribution >= 0.6 is 0 Å². The summed E-state index contributed by atoms with van der Waals surface area (Å²) in [7, 11) is -3.82. The lowest BCUT2D eigenvalue weighted by molar-refractivity contribution is 0.592. The van der Waals surface area contributed by atoms with Gasteiger partial charge in [-0.05, 0) is 18.2 Å². The van der Waals surface area contributed by atoms with Gasteiger partial charge >= 0.3 is 0 Å². The zero-order valence-corrected chi connectivity index (χ0v) is 9.36. The molecule has 0 amide bonds. The number of nitrogens with one attached hydrogen (secondary N) is 1. The van der Waals surface area contributed by atoms with Crippen molar-refractivity contribution in [2.24, 2.45) is 0 Å². The van der Waals surface area contributed by atoms with Crippen molar-refractivity contribution in [2.75, 3.05) is 4.72 Å². The molecule has 0 aliphatic heterocycles. The number of aromatic nitrogens is 2. The normalized spacial score (nSPS) is 11.1. The summed E-state index contributed by atoms with van der Waals surface area (Å²) in [6.07, 6.45) is 4.90. The van der Waals surface area contributed by atoms with Crippen molar-refractivity contribution in [3.8, 4) is 0 Å². The molecule has 0 saturated carbocycles. The average molecular weight is 253 g/mol. The molecule has 5 nitrogen and oxygen atoms in total. The van der Waals surface area contributed by atoms with Crippen LogP contribution in [0.3, 0.4) is 0 Å². The lowest BCUT2D eigenvalue weighted by Gasteiger charge is -2.06. The second kappa shape index (κ2) is 4.46. The van der Waals surface area contributed by atoms with Gasteiger partial charge in [0.25, 0.3) is 10.0 Å². The fourth-order valence-corrected chi connectivity index (χ4v) is 2.20. The molecule has 2 heterocycles. The molecular formula is C10H8FN3O2S. The van der Waals surface area contributed by atoms with E-state index in [1.807, 2.05) is 0 Å². The number of rotatable bonds is 3. The van der Waals surface area contributed by atoms with Gasteiger partial charge in [-0.3, -0.25) is 14.7 Å². The molecule has 0 spiro atoms. The highest BCUT2D eigenvalue weighted by atomic mass is 32.2. The molecule has 0 radical (unpaired) electrons. The van der Waals surface area contributed by atoms with E-state index in [1.54, 1.807) is 0 Å². The van der Waals surface area contributed by atoms with Gasteiger partial charge in [-0.1, -0.05) is 0 Å². The van der Waals surface area contributed by atoms with Crippen LogP contribution < -0.4 is 4.72 Å². The topological polar surface area (TPSA) is 72.0 Å². The first kappa shape index (κ1) is 11.5. The molecule has 17 heavy (non-hydrogen) atoms. The standard InChI is InChI=1S/C10H8FN3O2S/c11-8-5-10(7-13-6-8)17(15,16)14-9-1-3-12-4-2-9/h1-7H,(H,12,14). The van der Waals surface area contributed by atoms with Gasteiger partial charge in [0.15, 0.2) is 0 Å². The van der Waals surface area contributed by atoms with Crippen LogP contribution in [-0.2, 0) is 10.0 Å². The third-order valence-electron chi connectivity index (χ3n) is 1.92. The lowest BCUT2D eigenvalue weighted by atomic mass is 10.4. The Morgan fingerprint density at radius 1 is 1.12 bits per heavy atom. The van der Waals surface area contributed by atoms with Crippen molar-refractivity contribution in [3.63, 3.8) is 0 Å². The molecule has 0 aliphatic rings. The molecule has 0 aromatic carbocycles. The number of hydrogen-bond acceptors (Lipinski definition) is 4. The molecule has 1 N–H and O–H groups in total. The van der Waals surface area contributed by atoms with Gasteiger partial charge in [-0.15, -0.1) is 0 Å². The van der Waals surface area contributed by atoms with Crippen LogP contribution in [-0.4, -0.2) is 18.4 Å². The minimum Gasteiger partial charge on any atom is -0.279 e.